The predicted molar refractivity (Wildman–Crippen MR) is 379 cm³/mol. The summed E-state index contributed by atoms with van der Waals surface area (Å²) in [6, 6.07) is -0.628. The van der Waals surface area contributed by atoms with E-state index in [-0.39, 0.29) is 18.5 Å². The van der Waals surface area contributed by atoms with Crippen LogP contribution in [-0.4, -0.2) is 47.4 Å². The first-order chi connectivity index (χ1) is 42.5. The van der Waals surface area contributed by atoms with Crippen molar-refractivity contribution in [3.8, 4) is 0 Å². The van der Waals surface area contributed by atoms with Crippen LogP contribution in [0, 0.1) is 0 Å². The van der Waals surface area contributed by atoms with Gasteiger partial charge in [0, 0.05) is 12.8 Å². The van der Waals surface area contributed by atoms with Gasteiger partial charge in [-0.3, -0.25) is 9.59 Å². The largest absolute Gasteiger partial charge is 0.466 e. The van der Waals surface area contributed by atoms with Gasteiger partial charge in [-0.05, 0) is 83.5 Å². The number of carbonyl (C=O) groups excluding carboxylic acids is 2. The molecule has 506 valence electrons. The molecule has 1 amide bonds. The monoisotopic (exact) mass is 1210 g/mol. The number of amides is 1. The molecule has 0 saturated carbocycles. The van der Waals surface area contributed by atoms with E-state index >= 15 is 0 Å². The highest BCUT2D eigenvalue weighted by atomic mass is 16.5. The third-order valence-corrected chi connectivity index (χ3v) is 18.1. The van der Waals surface area contributed by atoms with E-state index in [2.05, 4.69) is 55.6 Å². The summed E-state index contributed by atoms with van der Waals surface area (Å²) in [5, 5.41) is 23.3. The van der Waals surface area contributed by atoms with Crippen LogP contribution >= 0.6 is 0 Å². The van der Waals surface area contributed by atoms with Crippen LogP contribution in [0.4, 0.5) is 0 Å². The third-order valence-electron chi connectivity index (χ3n) is 18.1. The smallest absolute Gasteiger partial charge is 0.305 e. The van der Waals surface area contributed by atoms with Crippen molar-refractivity contribution < 1.29 is 24.5 Å². The summed E-state index contributed by atoms with van der Waals surface area (Å²) >= 11 is 0. The van der Waals surface area contributed by atoms with Gasteiger partial charge < -0.3 is 20.3 Å². The van der Waals surface area contributed by atoms with Gasteiger partial charge in [0.05, 0.1) is 25.4 Å². The zero-order valence-electron chi connectivity index (χ0n) is 58.1. The molecule has 0 saturated heterocycles. The number of rotatable bonds is 73. The molecule has 86 heavy (non-hydrogen) atoms. The molecule has 0 heterocycles. The molecule has 6 heteroatoms. The Labute approximate surface area is 537 Å². The highest BCUT2D eigenvalue weighted by molar-refractivity contribution is 5.76. The van der Waals surface area contributed by atoms with Crippen molar-refractivity contribution >= 4 is 11.9 Å². The van der Waals surface area contributed by atoms with E-state index in [0.717, 1.165) is 51.4 Å². The summed E-state index contributed by atoms with van der Waals surface area (Å²) in [4.78, 5) is 24.6. The van der Waals surface area contributed by atoms with Crippen molar-refractivity contribution in [2.45, 2.75) is 437 Å². The molecule has 0 aromatic rings. The standard InChI is InChI=1S/C80H151NO5/c1-3-5-7-9-11-13-15-17-19-20-21-22-23-33-36-39-42-45-48-52-56-60-64-68-72-78(83)77(76-82)81-79(84)73-69-65-61-57-53-49-46-43-40-37-34-31-29-27-25-24-26-28-30-32-35-38-41-44-47-51-55-59-63-67-71-75-86-80(85)74-70-66-62-58-54-50-18-16-14-12-10-8-6-4-2/h10,12,16,18,26,28,68,72,77-78,82-83H,3-9,11,13-15,17,19-25,27,29-67,69-71,73-76H2,1-2H3,(H,81,84)/b12-10-,18-16-,28-26-,72-68+. The van der Waals surface area contributed by atoms with Gasteiger partial charge >= 0.3 is 5.97 Å². The van der Waals surface area contributed by atoms with Crippen molar-refractivity contribution in [3.63, 3.8) is 0 Å². The van der Waals surface area contributed by atoms with E-state index in [1.54, 1.807) is 6.08 Å². The van der Waals surface area contributed by atoms with Crippen LogP contribution < -0.4 is 5.32 Å². The van der Waals surface area contributed by atoms with Gasteiger partial charge in [0.2, 0.25) is 5.91 Å². The summed E-state index contributed by atoms with van der Waals surface area (Å²) in [6.45, 7) is 4.90. The number of ether oxygens (including phenoxy) is 1. The second kappa shape index (κ2) is 75.3. The zero-order valence-corrected chi connectivity index (χ0v) is 58.1. The Balaban J connectivity index is 3.39. The molecule has 0 aliphatic rings. The van der Waals surface area contributed by atoms with Gasteiger partial charge in [-0.25, -0.2) is 0 Å². The molecule has 0 aromatic heterocycles. The molecule has 0 rings (SSSR count). The molecular formula is C80H151NO5. The quantitative estimate of drug-likeness (QED) is 0.0320. The average Bonchev–Trinajstić information content (AvgIpc) is 3.54. The van der Waals surface area contributed by atoms with Gasteiger partial charge in [-0.1, -0.05) is 377 Å². The SMILES string of the molecule is CCCC/C=C\C/C=C\CCCCCCCC(=O)OCCCCCCCCCCCCCC/C=C\CCCCCCCCCCCCCCCCCC(=O)NC(CO)C(O)/C=C/CCCCCCCCCCCCCCCCCCCCCCCC. The first-order valence-electron chi connectivity index (χ1n) is 38.9. The Morgan fingerprint density at radius 1 is 0.326 bits per heavy atom. The molecule has 0 radical (unpaired) electrons. The molecule has 2 unspecified atom stereocenters. The van der Waals surface area contributed by atoms with E-state index in [1.165, 1.54) is 347 Å². The second-order valence-electron chi connectivity index (χ2n) is 26.7. The number of allylic oxidation sites excluding steroid dienone is 7. The van der Waals surface area contributed by atoms with Gasteiger partial charge in [-0.2, -0.15) is 0 Å². The molecule has 3 N–H and O–H groups in total. The van der Waals surface area contributed by atoms with Crippen molar-refractivity contribution in [2.75, 3.05) is 13.2 Å². The molecule has 6 nitrogen and oxygen atoms in total. The number of esters is 1. The van der Waals surface area contributed by atoms with Crippen LogP contribution in [0.3, 0.4) is 0 Å². The molecule has 0 fully saturated rings. The van der Waals surface area contributed by atoms with Crippen LogP contribution in [0.1, 0.15) is 425 Å². The molecule has 0 bridgehead atoms. The fourth-order valence-corrected chi connectivity index (χ4v) is 12.1. The van der Waals surface area contributed by atoms with Crippen LogP contribution in [0.2, 0.25) is 0 Å². The Kier molecular flexibility index (Phi) is 73.4. The van der Waals surface area contributed by atoms with E-state index in [9.17, 15) is 19.8 Å². The summed E-state index contributed by atoms with van der Waals surface area (Å²) in [6.07, 6.45) is 99.4. The van der Waals surface area contributed by atoms with Crippen molar-refractivity contribution in [2.24, 2.45) is 0 Å². The number of hydrogen-bond donors (Lipinski definition) is 3. The first kappa shape index (κ1) is 83.8. The number of hydrogen-bond acceptors (Lipinski definition) is 5. The van der Waals surface area contributed by atoms with Crippen molar-refractivity contribution in [3.05, 3.63) is 48.6 Å². The van der Waals surface area contributed by atoms with Crippen LogP contribution in [0.15, 0.2) is 48.6 Å². The van der Waals surface area contributed by atoms with Crippen LogP contribution in [0.5, 0.6) is 0 Å². The Hall–Kier alpha value is -2.18. The van der Waals surface area contributed by atoms with E-state index in [4.69, 9.17) is 4.74 Å². The summed E-state index contributed by atoms with van der Waals surface area (Å²) in [5.41, 5.74) is 0. The van der Waals surface area contributed by atoms with Gasteiger partial charge in [0.15, 0.2) is 0 Å². The topological polar surface area (TPSA) is 95.9 Å². The molecule has 2 atom stereocenters. The number of aliphatic hydroxyl groups is 2. The van der Waals surface area contributed by atoms with Crippen LogP contribution in [0.25, 0.3) is 0 Å². The maximum Gasteiger partial charge on any atom is 0.305 e. The summed E-state index contributed by atoms with van der Waals surface area (Å²) in [7, 11) is 0. The third kappa shape index (κ3) is 70.9. The number of carbonyl (C=O) groups is 2. The Bertz CT molecular complexity index is 1440. The first-order valence-corrected chi connectivity index (χ1v) is 38.9. The average molecular weight is 1210 g/mol. The second-order valence-corrected chi connectivity index (χ2v) is 26.7. The predicted octanol–water partition coefficient (Wildman–Crippen LogP) is 25.6. The number of unbranched alkanes of at least 4 members (excludes halogenated alkanes) is 56. The maximum absolute atomic E-state index is 12.6. The van der Waals surface area contributed by atoms with Crippen LogP contribution in [-0.2, 0) is 14.3 Å². The summed E-state index contributed by atoms with van der Waals surface area (Å²) < 4.78 is 5.48. The highest BCUT2D eigenvalue weighted by Gasteiger charge is 2.18. The van der Waals surface area contributed by atoms with Crippen molar-refractivity contribution in [1.82, 2.24) is 5.32 Å². The van der Waals surface area contributed by atoms with Gasteiger partial charge in [0.25, 0.3) is 0 Å². The minimum Gasteiger partial charge on any atom is -0.466 e. The highest BCUT2D eigenvalue weighted by Crippen LogP contribution is 2.19. The Morgan fingerprint density at radius 2 is 0.593 bits per heavy atom. The lowest BCUT2D eigenvalue weighted by Crippen LogP contribution is -2.45. The van der Waals surface area contributed by atoms with Gasteiger partial charge in [-0.15, -0.1) is 0 Å². The lowest BCUT2D eigenvalue weighted by Gasteiger charge is -2.20. The van der Waals surface area contributed by atoms with E-state index in [0.29, 0.717) is 19.4 Å². The molecular weight excluding hydrogens is 1050 g/mol. The minimum atomic E-state index is -0.845. The molecule has 0 aromatic carbocycles. The normalized spacial score (nSPS) is 12.7. The van der Waals surface area contributed by atoms with E-state index in [1.807, 2.05) is 6.08 Å². The lowest BCUT2D eigenvalue weighted by molar-refractivity contribution is -0.143. The lowest BCUT2D eigenvalue weighted by atomic mass is 10.0. The van der Waals surface area contributed by atoms with Crippen molar-refractivity contribution in [1.29, 1.82) is 0 Å². The zero-order chi connectivity index (χ0) is 62.0. The fourth-order valence-electron chi connectivity index (χ4n) is 12.1. The van der Waals surface area contributed by atoms with Gasteiger partial charge in [0.1, 0.15) is 0 Å². The minimum absolute atomic E-state index is 0.00307. The maximum atomic E-state index is 12.6. The summed E-state index contributed by atoms with van der Waals surface area (Å²) in [5.74, 6) is -0.0584. The molecule has 0 spiro atoms. The Morgan fingerprint density at radius 3 is 0.930 bits per heavy atom. The molecule has 0 aliphatic heterocycles. The fraction of sp³-hybridized carbons (Fsp3) is 0.875. The van der Waals surface area contributed by atoms with E-state index < -0.39 is 12.1 Å². The molecule has 0 aliphatic carbocycles. The number of nitrogens with one attached hydrogen (secondary N) is 1. The number of aliphatic hydroxyl groups excluding tert-OH is 2.